The monoisotopic (exact) mass is 507 g/mol. The SMILES string of the molecule is C[C@]12C=CC(=O)C=C1CC[C@@H]1[C@@H]2[C@@H](O)C[C@@]2(C)[C@H]1CC[C@]2(O)C(=O)C(O)C(CCC(=O)O)O[N+](=O)[O-]. The van der Waals surface area contributed by atoms with E-state index in [9.17, 15) is 39.8 Å². The van der Waals surface area contributed by atoms with Gasteiger partial charge in [-0.2, -0.15) is 0 Å². The number of carboxylic acid groups (broad SMARTS) is 1. The normalized spacial score (nSPS) is 40.8. The molecule has 0 saturated heterocycles. The van der Waals surface area contributed by atoms with Crippen LogP contribution in [0.1, 0.15) is 58.8 Å². The molecule has 4 aliphatic rings. The first-order valence-corrected chi connectivity index (χ1v) is 12.3. The number of fused-ring (bicyclic) bond motifs is 5. The fourth-order valence-electron chi connectivity index (χ4n) is 7.79. The van der Waals surface area contributed by atoms with Gasteiger partial charge in [-0.25, -0.2) is 0 Å². The number of allylic oxidation sites excluding steroid dienone is 4. The van der Waals surface area contributed by atoms with E-state index in [4.69, 9.17) is 5.11 Å². The van der Waals surface area contributed by atoms with Gasteiger partial charge in [-0.1, -0.05) is 25.5 Å². The first kappa shape index (κ1) is 26.4. The van der Waals surface area contributed by atoms with Gasteiger partial charge in [0.2, 0.25) is 0 Å². The van der Waals surface area contributed by atoms with Crippen LogP contribution in [0.15, 0.2) is 23.8 Å². The summed E-state index contributed by atoms with van der Waals surface area (Å²) in [4.78, 5) is 51.8. The van der Waals surface area contributed by atoms with Gasteiger partial charge in [0.05, 0.1) is 6.10 Å². The molecule has 0 spiro atoms. The van der Waals surface area contributed by atoms with Gasteiger partial charge < -0.3 is 25.3 Å². The van der Waals surface area contributed by atoms with Gasteiger partial charge in [0.25, 0.3) is 5.09 Å². The van der Waals surface area contributed by atoms with Gasteiger partial charge >= 0.3 is 5.97 Å². The van der Waals surface area contributed by atoms with E-state index in [-0.39, 0.29) is 36.4 Å². The number of nitrogens with zero attached hydrogens (tertiary/aromatic N) is 1. The molecular weight excluding hydrogens is 474 g/mol. The maximum atomic E-state index is 13.5. The quantitative estimate of drug-likeness (QED) is 0.276. The number of aliphatic carboxylic acids is 1. The minimum Gasteiger partial charge on any atom is -0.481 e. The number of aliphatic hydroxyl groups excluding tert-OH is 2. The molecule has 4 rings (SSSR count). The first-order valence-electron chi connectivity index (χ1n) is 12.3. The highest BCUT2D eigenvalue weighted by molar-refractivity contribution is 6.01. The highest BCUT2D eigenvalue weighted by Gasteiger charge is 2.69. The zero-order valence-corrected chi connectivity index (χ0v) is 20.3. The summed E-state index contributed by atoms with van der Waals surface area (Å²) in [5.74, 6) is -2.87. The number of rotatable bonds is 8. The fourth-order valence-corrected chi connectivity index (χ4v) is 7.79. The highest BCUT2D eigenvalue weighted by atomic mass is 17.0. The molecule has 36 heavy (non-hydrogen) atoms. The van der Waals surface area contributed by atoms with Gasteiger partial charge in [0.15, 0.2) is 11.6 Å². The second-order valence-electron chi connectivity index (χ2n) is 11.2. The summed E-state index contributed by atoms with van der Waals surface area (Å²) < 4.78 is 0. The van der Waals surface area contributed by atoms with E-state index in [1.165, 1.54) is 6.08 Å². The summed E-state index contributed by atoms with van der Waals surface area (Å²) in [6.45, 7) is 3.71. The first-order chi connectivity index (χ1) is 16.7. The minimum absolute atomic E-state index is 0.00213. The molecule has 0 amide bonds. The molecule has 3 saturated carbocycles. The zero-order valence-electron chi connectivity index (χ0n) is 20.3. The number of hydrogen-bond donors (Lipinski definition) is 4. The van der Waals surface area contributed by atoms with E-state index in [0.29, 0.717) is 19.3 Å². The standard InChI is InChI=1S/C25H33NO10/c1-23-9-7-14(27)11-13(23)3-4-15-16-8-10-25(33,24(16,2)12-17(28)20(15)23)22(32)21(31)18(36-26(34)35)5-6-19(29)30/h7,9,11,15-18,20-21,28,31,33H,3-6,8,10,12H2,1-2H3,(H,29,30)/t15-,16-,17-,18?,20+,21?,23-,24-,25-/m0/s1. The second kappa shape index (κ2) is 9.04. The van der Waals surface area contributed by atoms with E-state index >= 15 is 0 Å². The lowest BCUT2D eigenvalue weighted by molar-refractivity contribution is -0.770. The van der Waals surface area contributed by atoms with Crippen LogP contribution in [0.5, 0.6) is 0 Å². The van der Waals surface area contributed by atoms with Crippen LogP contribution in [0.2, 0.25) is 0 Å². The molecule has 11 nitrogen and oxygen atoms in total. The number of carbonyl (C=O) groups is 3. The number of ketones is 2. The Balaban J connectivity index is 1.62. The van der Waals surface area contributed by atoms with Gasteiger partial charge in [0.1, 0.15) is 17.8 Å². The molecular formula is C25H33NO10. The molecule has 4 N–H and O–H groups in total. The Labute approximate surface area is 207 Å². The molecule has 0 radical (unpaired) electrons. The smallest absolute Gasteiger partial charge is 0.303 e. The van der Waals surface area contributed by atoms with Crippen molar-refractivity contribution in [3.8, 4) is 0 Å². The lowest BCUT2D eigenvalue weighted by Gasteiger charge is -2.59. The van der Waals surface area contributed by atoms with Crippen LogP contribution < -0.4 is 0 Å². The van der Waals surface area contributed by atoms with Crippen LogP contribution in [0, 0.1) is 38.7 Å². The maximum Gasteiger partial charge on any atom is 0.303 e. The third-order valence-electron chi connectivity index (χ3n) is 9.54. The summed E-state index contributed by atoms with van der Waals surface area (Å²) in [6.07, 6.45) is 0.995. The number of carboxylic acids is 1. The minimum atomic E-state index is -2.11. The summed E-state index contributed by atoms with van der Waals surface area (Å²) in [5, 5.41) is 52.6. The molecule has 3 fully saturated rings. The number of aliphatic hydroxyl groups is 3. The second-order valence-corrected chi connectivity index (χ2v) is 11.2. The number of Topliss-reactive ketones (excluding diaryl/α,β-unsaturated/α-hetero) is 1. The molecule has 11 heteroatoms. The molecule has 0 aromatic rings. The third-order valence-corrected chi connectivity index (χ3v) is 9.54. The summed E-state index contributed by atoms with van der Waals surface area (Å²) in [6, 6.07) is 0. The van der Waals surface area contributed by atoms with Crippen LogP contribution in [0.4, 0.5) is 0 Å². The van der Waals surface area contributed by atoms with E-state index < -0.39 is 64.4 Å². The van der Waals surface area contributed by atoms with Crippen molar-refractivity contribution >= 4 is 17.5 Å². The van der Waals surface area contributed by atoms with Crippen molar-refractivity contribution in [1.82, 2.24) is 0 Å². The molecule has 0 aromatic carbocycles. The average Bonchev–Trinajstić information content (AvgIpc) is 3.06. The van der Waals surface area contributed by atoms with Crippen LogP contribution in [0.25, 0.3) is 0 Å². The highest BCUT2D eigenvalue weighted by Crippen LogP contribution is 2.67. The van der Waals surface area contributed by atoms with Crippen molar-refractivity contribution in [2.45, 2.75) is 82.7 Å². The summed E-state index contributed by atoms with van der Waals surface area (Å²) in [5.41, 5.74) is -2.76. The van der Waals surface area contributed by atoms with E-state index in [2.05, 4.69) is 4.84 Å². The Kier molecular flexibility index (Phi) is 6.64. The molecule has 4 aliphatic carbocycles. The van der Waals surface area contributed by atoms with Crippen molar-refractivity contribution in [3.63, 3.8) is 0 Å². The van der Waals surface area contributed by atoms with E-state index in [1.54, 1.807) is 13.0 Å². The molecule has 2 unspecified atom stereocenters. The molecule has 0 aliphatic heterocycles. The zero-order chi connectivity index (χ0) is 26.6. The Morgan fingerprint density at radius 3 is 2.64 bits per heavy atom. The Hall–Kier alpha value is -2.63. The van der Waals surface area contributed by atoms with Crippen LogP contribution >= 0.6 is 0 Å². The molecule has 0 heterocycles. The van der Waals surface area contributed by atoms with Gasteiger partial charge in [-0.15, -0.1) is 10.1 Å². The Bertz CT molecular complexity index is 1040. The van der Waals surface area contributed by atoms with Crippen molar-refractivity contribution in [2.75, 3.05) is 0 Å². The van der Waals surface area contributed by atoms with Crippen molar-refractivity contribution in [3.05, 3.63) is 33.9 Å². The summed E-state index contributed by atoms with van der Waals surface area (Å²) in [7, 11) is 0. The van der Waals surface area contributed by atoms with Crippen molar-refractivity contribution in [2.24, 2.45) is 28.6 Å². The maximum absolute atomic E-state index is 13.5. The molecule has 0 aromatic heterocycles. The van der Waals surface area contributed by atoms with Gasteiger partial charge in [0, 0.05) is 23.2 Å². The molecule has 0 bridgehead atoms. The van der Waals surface area contributed by atoms with E-state index in [1.807, 2.05) is 13.0 Å². The lowest BCUT2D eigenvalue weighted by atomic mass is 9.46. The summed E-state index contributed by atoms with van der Waals surface area (Å²) >= 11 is 0. The number of hydrogen-bond acceptors (Lipinski definition) is 9. The van der Waals surface area contributed by atoms with Gasteiger partial charge in [-0.3, -0.25) is 14.4 Å². The predicted octanol–water partition coefficient (Wildman–Crippen LogP) is 1.37. The number of carbonyl (C=O) groups excluding carboxylic acids is 2. The van der Waals surface area contributed by atoms with Crippen LogP contribution in [-0.2, 0) is 19.2 Å². The topological polar surface area (TPSA) is 184 Å². The van der Waals surface area contributed by atoms with E-state index in [0.717, 1.165) is 5.57 Å². The van der Waals surface area contributed by atoms with Gasteiger partial charge in [-0.05, 0) is 62.5 Å². The molecule has 9 atom stereocenters. The van der Waals surface area contributed by atoms with Crippen molar-refractivity contribution in [1.29, 1.82) is 0 Å². The average molecular weight is 508 g/mol. The fraction of sp³-hybridized carbons (Fsp3) is 0.720. The predicted molar refractivity (Wildman–Crippen MR) is 123 cm³/mol. The Morgan fingerprint density at radius 2 is 2.00 bits per heavy atom. The van der Waals surface area contributed by atoms with Crippen LogP contribution in [0.3, 0.4) is 0 Å². The third kappa shape index (κ3) is 3.97. The molecule has 198 valence electrons. The van der Waals surface area contributed by atoms with Crippen molar-refractivity contribution < 1.29 is 44.7 Å². The Morgan fingerprint density at radius 1 is 1.31 bits per heavy atom. The van der Waals surface area contributed by atoms with Crippen LogP contribution in [-0.4, -0.2) is 67.0 Å². The largest absolute Gasteiger partial charge is 0.481 e. The lowest BCUT2D eigenvalue weighted by Crippen LogP contribution is -2.63.